The van der Waals surface area contributed by atoms with Crippen LogP contribution < -0.4 is 5.32 Å². The largest absolute Gasteiger partial charge is 0.501 e. The number of ether oxygens (including phenoxy) is 1. The van der Waals surface area contributed by atoms with Gasteiger partial charge >= 0.3 is 5.51 Å². The predicted molar refractivity (Wildman–Crippen MR) is 71.8 cm³/mol. The van der Waals surface area contributed by atoms with Crippen LogP contribution in [0.4, 0.5) is 18.9 Å². The monoisotopic (exact) mass is 323 g/mol. The highest BCUT2D eigenvalue weighted by Crippen LogP contribution is 2.31. The van der Waals surface area contributed by atoms with Crippen LogP contribution in [0, 0.1) is 0 Å². The highest BCUT2D eigenvalue weighted by Gasteiger charge is 2.46. The summed E-state index contributed by atoms with van der Waals surface area (Å²) in [5.74, 6) is 0. The molecule has 8 heteroatoms. The molecule has 2 rings (SSSR count). The van der Waals surface area contributed by atoms with Gasteiger partial charge in [0.15, 0.2) is 0 Å². The van der Waals surface area contributed by atoms with Crippen molar-refractivity contribution < 1.29 is 26.3 Å². The molecule has 1 aromatic carbocycles. The molecule has 1 aliphatic heterocycles. The minimum Gasteiger partial charge on any atom is -0.382 e. The van der Waals surface area contributed by atoms with Crippen molar-refractivity contribution in [2.24, 2.45) is 0 Å². The van der Waals surface area contributed by atoms with Gasteiger partial charge in [0.2, 0.25) is 0 Å². The lowest BCUT2D eigenvalue weighted by molar-refractivity contribution is -0.0436. The van der Waals surface area contributed by atoms with Gasteiger partial charge in [0.1, 0.15) is 0 Å². The number of sulfone groups is 1. The first-order chi connectivity index (χ1) is 9.64. The average molecular weight is 323 g/mol. The summed E-state index contributed by atoms with van der Waals surface area (Å²) in [7, 11) is -5.29. The zero-order valence-corrected chi connectivity index (χ0v) is 12.2. The Labute approximate surface area is 121 Å². The summed E-state index contributed by atoms with van der Waals surface area (Å²) >= 11 is 0. The fourth-order valence-electron chi connectivity index (χ4n) is 2.15. The molecule has 0 aromatic heterocycles. The third kappa shape index (κ3) is 3.49. The lowest BCUT2D eigenvalue weighted by Gasteiger charge is -2.24. The lowest BCUT2D eigenvalue weighted by Crippen LogP contribution is -2.32. The van der Waals surface area contributed by atoms with Crippen molar-refractivity contribution in [1.82, 2.24) is 0 Å². The molecule has 0 saturated carbocycles. The van der Waals surface area contributed by atoms with E-state index in [4.69, 9.17) is 4.74 Å². The van der Waals surface area contributed by atoms with Gasteiger partial charge in [-0.25, -0.2) is 8.42 Å². The van der Waals surface area contributed by atoms with Crippen LogP contribution in [0.2, 0.25) is 0 Å². The van der Waals surface area contributed by atoms with Gasteiger partial charge in [0.05, 0.1) is 10.5 Å². The first-order valence-corrected chi connectivity index (χ1v) is 7.92. The summed E-state index contributed by atoms with van der Waals surface area (Å²) in [6, 6.07) is 4.53. The van der Waals surface area contributed by atoms with E-state index in [0.717, 1.165) is 25.0 Å². The van der Waals surface area contributed by atoms with Gasteiger partial charge in [-0.1, -0.05) is 0 Å². The molecule has 1 aliphatic rings. The van der Waals surface area contributed by atoms with Gasteiger partial charge in [-0.15, -0.1) is 0 Å². The second-order valence-electron chi connectivity index (χ2n) is 5.23. The third-order valence-electron chi connectivity index (χ3n) is 3.44. The van der Waals surface area contributed by atoms with Crippen molar-refractivity contribution in [2.75, 3.05) is 18.5 Å². The zero-order chi connectivity index (χ0) is 15.7. The minimum absolute atomic E-state index is 0.295. The summed E-state index contributed by atoms with van der Waals surface area (Å²) in [6.45, 7) is 3.16. The molecule has 1 heterocycles. The lowest BCUT2D eigenvalue weighted by atomic mass is 10.0. The van der Waals surface area contributed by atoms with Crippen molar-refractivity contribution in [3.8, 4) is 0 Å². The maximum atomic E-state index is 12.4. The quantitative estimate of drug-likeness (QED) is 0.925. The molecule has 118 valence electrons. The number of hydrogen-bond donors (Lipinski definition) is 1. The van der Waals surface area contributed by atoms with Crippen LogP contribution >= 0.6 is 0 Å². The van der Waals surface area contributed by atoms with Crippen LogP contribution in [0.5, 0.6) is 0 Å². The van der Waals surface area contributed by atoms with Crippen LogP contribution in [0.25, 0.3) is 0 Å². The number of anilines is 1. The van der Waals surface area contributed by atoms with Crippen molar-refractivity contribution >= 4 is 15.5 Å². The fourth-order valence-corrected chi connectivity index (χ4v) is 2.91. The first kappa shape index (κ1) is 16.1. The molecule has 0 bridgehead atoms. The summed E-state index contributed by atoms with van der Waals surface area (Å²) in [4.78, 5) is -0.760. The molecule has 1 saturated heterocycles. The van der Waals surface area contributed by atoms with E-state index in [1.54, 1.807) is 0 Å². The zero-order valence-electron chi connectivity index (χ0n) is 11.4. The normalized spacial score (nSPS) is 23.2. The van der Waals surface area contributed by atoms with Gasteiger partial charge in [-0.2, -0.15) is 13.2 Å². The van der Waals surface area contributed by atoms with Crippen molar-refractivity contribution in [1.29, 1.82) is 0 Å². The second kappa shape index (κ2) is 5.49. The summed E-state index contributed by atoms with van der Waals surface area (Å²) in [6.07, 6.45) is 1.88. The molecule has 1 N–H and O–H groups in total. The van der Waals surface area contributed by atoms with Gasteiger partial charge < -0.3 is 10.1 Å². The SMILES string of the molecule is CC1(CNc2ccc(S(=O)(=O)C(F)(F)F)cc2)CCCO1. The number of benzene rings is 1. The number of rotatable bonds is 4. The number of halogens is 3. The van der Waals surface area contributed by atoms with Crippen molar-refractivity contribution in [3.63, 3.8) is 0 Å². The Morgan fingerprint density at radius 3 is 2.38 bits per heavy atom. The summed E-state index contributed by atoms with van der Waals surface area (Å²) in [5, 5.41) is 3.04. The highest BCUT2D eigenvalue weighted by molar-refractivity contribution is 7.92. The van der Waals surface area contributed by atoms with Gasteiger partial charge in [0.25, 0.3) is 9.84 Å². The Balaban J connectivity index is 2.06. The van der Waals surface area contributed by atoms with E-state index in [2.05, 4.69) is 5.32 Å². The molecular weight excluding hydrogens is 307 g/mol. The maximum absolute atomic E-state index is 12.4. The van der Waals surface area contributed by atoms with Crippen LogP contribution in [-0.2, 0) is 14.6 Å². The molecule has 0 aliphatic carbocycles. The smallest absolute Gasteiger partial charge is 0.382 e. The second-order valence-corrected chi connectivity index (χ2v) is 7.17. The number of nitrogens with one attached hydrogen (secondary N) is 1. The Hall–Kier alpha value is -1.28. The van der Waals surface area contributed by atoms with Crippen LogP contribution in [-0.4, -0.2) is 32.7 Å². The summed E-state index contributed by atoms with van der Waals surface area (Å²) in [5.41, 5.74) is -5.03. The molecule has 0 spiro atoms. The number of hydrogen-bond acceptors (Lipinski definition) is 4. The first-order valence-electron chi connectivity index (χ1n) is 6.43. The highest BCUT2D eigenvalue weighted by atomic mass is 32.2. The molecular formula is C13H16F3NO3S. The van der Waals surface area contributed by atoms with Gasteiger partial charge in [-0.3, -0.25) is 0 Å². The Bertz CT molecular complexity index is 590. The maximum Gasteiger partial charge on any atom is 0.501 e. The van der Waals surface area contributed by atoms with E-state index < -0.39 is 20.2 Å². The molecule has 1 aromatic rings. The summed E-state index contributed by atoms with van der Waals surface area (Å²) < 4.78 is 65.2. The number of alkyl halides is 3. The van der Waals surface area contributed by atoms with Crippen LogP contribution in [0.3, 0.4) is 0 Å². The molecule has 0 amide bonds. The Morgan fingerprint density at radius 1 is 1.29 bits per heavy atom. The molecule has 1 unspecified atom stereocenters. The topological polar surface area (TPSA) is 55.4 Å². The Kier molecular flexibility index (Phi) is 4.21. The third-order valence-corrected chi connectivity index (χ3v) is 4.94. The van der Waals surface area contributed by atoms with E-state index in [9.17, 15) is 21.6 Å². The van der Waals surface area contributed by atoms with Crippen LogP contribution in [0.1, 0.15) is 19.8 Å². The van der Waals surface area contributed by atoms with E-state index in [1.807, 2.05) is 6.92 Å². The molecule has 4 nitrogen and oxygen atoms in total. The molecule has 0 radical (unpaired) electrons. The predicted octanol–water partition coefficient (Wildman–Crippen LogP) is 2.96. The Morgan fingerprint density at radius 2 is 1.90 bits per heavy atom. The van der Waals surface area contributed by atoms with Gasteiger partial charge in [0, 0.05) is 18.8 Å². The van der Waals surface area contributed by atoms with E-state index >= 15 is 0 Å². The molecule has 1 atom stereocenters. The van der Waals surface area contributed by atoms with Crippen molar-refractivity contribution in [2.45, 2.75) is 35.8 Å². The minimum atomic E-state index is -5.29. The van der Waals surface area contributed by atoms with Gasteiger partial charge in [-0.05, 0) is 44.0 Å². The molecule has 21 heavy (non-hydrogen) atoms. The average Bonchev–Trinajstić information content (AvgIpc) is 2.83. The van der Waals surface area contributed by atoms with E-state index in [1.165, 1.54) is 12.1 Å². The standard InChI is InChI=1S/C13H16F3NO3S/c1-12(7-2-8-20-12)9-17-10-3-5-11(6-4-10)21(18,19)13(14,15)16/h3-6,17H,2,7-9H2,1H3. The van der Waals surface area contributed by atoms with E-state index in [-0.39, 0.29) is 5.60 Å². The van der Waals surface area contributed by atoms with Crippen molar-refractivity contribution in [3.05, 3.63) is 24.3 Å². The molecule has 1 fully saturated rings. The van der Waals surface area contributed by atoms with Crippen LogP contribution in [0.15, 0.2) is 29.2 Å². The fraction of sp³-hybridized carbons (Fsp3) is 0.538. The van der Waals surface area contributed by atoms with E-state index in [0.29, 0.717) is 18.8 Å².